The molecule has 0 unspecified atom stereocenters. The lowest BCUT2D eigenvalue weighted by Crippen LogP contribution is -2.41. The van der Waals surface area contributed by atoms with Crippen LogP contribution in [0.15, 0.2) is 23.1 Å². The van der Waals surface area contributed by atoms with Gasteiger partial charge in [0.05, 0.1) is 0 Å². The summed E-state index contributed by atoms with van der Waals surface area (Å²) < 4.78 is 53.6. The van der Waals surface area contributed by atoms with Gasteiger partial charge in [-0.1, -0.05) is 25.3 Å². The highest BCUT2D eigenvalue weighted by atomic mass is 32.2. The highest BCUT2D eigenvalue weighted by Crippen LogP contribution is 2.35. The predicted molar refractivity (Wildman–Crippen MR) is 74.2 cm³/mol. The zero-order valence-electron chi connectivity index (χ0n) is 11.6. The third-order valence-corrected chi connectivity index (χ3v) is 5.53. The van der Waals surface area contributed by atoms with Crippen LogP contribution in [-0.4, -0.2) is 26.7 Å². The highest BCUT2D eigenvalue weighted by Gasteiger charge is 2.34. The molecule has 2 rings (SSSR count). The molecule has 0 spiro atoms. The zero-order valence-corrected chi connectivity index (χ0v) is 12.4. The third-order valence-electron chi connectivity index (χ3n) is 4.07. The topological polar surface area (TPSA) is 66.4 Å². The Morgan fingerprint density at radius 1 is 1.14 bits per heavy atom. The monoisotopic (exact) mass is 319 g/mol. The van der Waals surface area contributed by atoms with E-state index in [0.717, 1.165) is 37.5 Å². The average Bonchev–Trinajstić information content (AvgIpc) is 2.46. The van der Waals surface area contributed by atoms with Crippen LogP contribution in [0.4, 0.5) is 8.78 Å². The van der Waals surface area contributed by atoms with Crippen LogP contribution in [0.5, 0.6) is 0 Å². The molecule has 1 aliphatic rings. The fraction of sp³-hybridized carbons (Fsp3) is 0.571. The van der Waals surface area contributed by atoms with Crippen LogP contribution < -0.4 is 4.72 Å². The van der Waals surface area contributed by atoms with Gasteiger partial charge in [0, 0.05) is 18.6 Å². The molecule has 0 amide bonds. The fourth-order valence-corrected chi connectivity index (χ4v) is 4.04. The van der Waals surface area contributed by atoms with Crippen molar-refractivity contribution in [3.8, 4) is 0 Å². The Hall–Kier alpha value is -1.05. The van der Waals surface area contributed by atoms with Crippen LogP contribution in [-0.2, 0) is 10.0 Å². The summed E-state index contributed by atoms with van der Waals surface area (Å²) in [5.74, 6) is -2.24. The molecule has 0 aromatic heterocycles. The number of hydrogen-bond acceptors (Lipinski definition) is 3. The molecule has 0 atom stereocenters. The first-order chi connectivity index (χ1) is 9.90. The standard InChI is InChI=1S/C14H19F2NO3S/c15-11-5-4-6-12(16)13(11)21(19,20)17-9-14(10-18)7-2-1-3-8-14/h4-6,17-18H,1-3,7-10H2. The van der Waals surface area contributed by atoms with Crippen molar-refractivity contribution in [2.45, 2.75) is 37.0 Å². The molecule has 118 valence electrons. The minimum atomic E-state index is -4.28. The lowest BCUT2D eigenvalue weighted by atomic mass is 9.75. The number of aliphatic hydroxyl groups excluding tert-OH is 1. The van der Waals surface area contributed by atoms with Crippen molar-refractivity contribution in [3.63, 3.8) is 0 Å². The Balaban J connectivity index is 2.18. The Kier molecular flexibility index (Phi) is 4.95. The van der Waals surface area contributed by atoms with Crippen molar-refractivity contribution in [1.82, 2.24) is 4.72 Å². The van der Waals surface area contributed by atoms with Crippen molar-refractivity contribution in [1.29, 1.82) is 0 Å². The fourth-order valence-electron chi connectivity index (χ4n) is 2.75. The van der Waals surface area contributed by atoms with Crippen LogP contribution in [0, 0.1) is 17.0 Å². The van der Waals surface area contributed by atoms with E-state index >= 15 is 0 Å². The predicted octanol–water partition coefficient (Wildman–Crippen LogP) is 2.19. The average molecular weight is 319 g/mol. The number of rotatable bonds is 5. The number of nitrogens with one attached hydrogen (secondary N) is 1. The Morgan fingerprint density at radius 2 is 1.71 bits per heavy atom. The number of halogens is 2. The summed E-state index contributed by atoms with van der Waals surface area (Å²) in [4.78, 5) is -0.964. The summed E-state index contributed by atoms with van der Waals surface area (Å²) in [6.07, 6.45) is 4.28. The molecule has 1 aliphatic carbocycles. The van der Waals surface area contributed by atoms with Crippen LogP contribution in [0.3, 0.4) is 0 Å². The van der Waals surface area contributed by atoms with E-state index in [1.807, 2.05) is 0 Å². The normalized spacial score (nSPS) is 18.6. The Labute approximate surface area is 123 Å². The van der Waals surface area contributed by atoms with Crippen LogP contribution in [0.25, 0.3) is 0 Å². The van der Waals surface area contributed by atoms with Gasteiger partial charge in [0.1, 0.15) is 11.6 Å². The SMILES string of the molecule is O=S(=O)(NCC1(CO)CCCCC1)c1c(F)cccc1F. The number of aliphatic hydroxyl groups is 1. The lowest BCUT2D eigenvalue weighted by Gasteiger charge is -2.35. The molecule has 0 radical (unpaired) electrons. The number of hydrogen-bond donors (Lipinski definition) is 2. The zero-order chi connectivity index (χ0) is 15.5. The van der Waals surface area contributed by atoms with Gasteiger partial charge in [-0.2, -0.15) is 0 Å². The van der Waals surface area contributed by atoms with Gasteiger partial charge in [0.25, 0.3) is 0 Å². The summed E-state index contributed by atoms with van der Waals surface area (Å²) >= 11 is 0. The molecule has 0 heterocycles. The minimum absolute atomic E-state index is 0.0143. The largest absolute Gasteiger partial charge is 0.396 e. The maximum absolute atomic E-state index is 13.6. The quantitative estimate of drug-likeness (QED) is 0.874. The van der Waals surface area contributed by atoms with Gasteiger partial charge in [0.2, 0.25) is 10.0 Å². The second-order valence-corrected chi connectivity index (χ2v) is 7.30. The van der Waals surface area contributed by atoms with E-state index in [-0.39, 0.29) is 13.2 Å². The Morgan fingerprint density at radius 3 is 2.24 bits per heavy atom. The maximum Gasteiger partial charge on any atom is 0.246 e. The summed E-state index contributed by atoms with van der Waals surface area (Å²) in [7, 11) is -4.28. The van der Waals surface area contributed by atoms with E-state index < -0.39 is 32.0 Å². The molecule has 1 aromatic rings. The molecular formula is C14H19F2NO3S. The van der Waals surface area contributed by atoms with Gasteiger partial charge in [-0.15, -0.1) is 0 Å². The van der Waals surface area contributed by atoms with Crippen molar-refractivity contribution >= 4 is 10.0 Å². The van der Waals surface area contributed by atoms with E-state index in [9.17, 15) is 22.3 Å². The van der Waals surface area contributed by atoms with Gasteiger partial charge in [-0.3, -0.25) is 0 Å². The molecule has 4 nitrogen and oxygen atoms in total. The van der Waals surface area contributed by atoms with Gasteiger partial charge < -0.3 is 5.11 Å². The van der Waals surface area contributed by atoms with E-state index in [2.05, 4.69) is 4.72 Å². The lowest BCUT2D eigenvalue weighted by molar-refractivity contribution is 0.0867. The van der Waals surface area contributed by atoms with Gasteiger partial charge in [-0.05, 0) is 25.0 Å². The molecule has 21 heavy (non-hydrogen) atoms. The maximum atomic E-state index is 13.6. The second kappa shape index (κ2) is 6.37. The van der Waals surface area contributed by atoms with Gasteiger partial charge in [0.15, 0.2) is 4.90 Å². The van der Waals surface area contributed by atoms with Crippen molar-refractivity contribution in [3.05, 3.63) is 29.8 Å². The molecule has 0 bridgehead atoms. The second-order valence-electron chi connectivity index (χ2n) is 5.59. The molecule has 1 aromatic carbocycles. The summed E-state index contributed by atoms with van der Waals surface area (Å²) in [5, 5.41) is 9.54. The first-order valence-corrected chi connectivity index (χ1v) is 8.43. The van der Waals surface area contributed by atoms with E-state index in [0.29, 0.717) is 12.8 Å². The molecule has 0 saturated heterocycles. The molecule has 1 fully saturated rings. The van der Waals surface area contributed by atoms with Crippen molar-refractivity contribution in [2.24, 2.45) is 5.41 Å². The third kappa shape index (κ3) is 3.59. The summed E-state index contributed by atoms with van der Waals surface area (Å²) in [5.41, 5.74) is -0.535. The molecule has 0 aliphatic heterocycles. The van der Waals surface area contributed by atoms with Crippen LogP contribution in [0.1, 0.15) is 32.1 Å². The van der Waals surface area contributed by atoms with Gasteiger partial charge in [-0.25, -0.2) is 21.9 Å². The molecule has 7 heteroatoms. The number of benzene rings is 1. The smallest absolute Gasteiger partial charge is 0.246 e. The molecular weight excluding hydrogens is 300 g/mol. The first kappa shape index (κ1) is 16.3. The van der Waals surface area contributed by atoms with Gasteiger partial charge >= 0.3 is 0 Å². The van der Waals surface area contributed by atoms with Crippen LogP contribution >= 0.6 is 0 Å². The van der Waals surface area contributed by atoms with Crippen molar-refractivity contribution < 1.29 is 22.3 Å². The minimum Gasteiger partial charge on any atom is -0.396 e. The summed E-state index contributed by atoms with van der Waals surface area (Å²) in [6, 6.07) is 2.92. The van der Waals surface area contributed by atoms with E-state index in [4.69, 9.17) is 0 Å². The van der Waals surface area contributed by atoms with E-state index in [1.54, 1.807) is 0 Å². The number of sulfonamides is 1. The molecule has 1 saturated carbocycles. The summed E-state index contributed by atoms with van der Waals surface area (Å²) in [6.45, 7) is -0.158. The Bertz CT molecular complexity index is 578. The van der Waals surface area contributed by atoms with E-state index in [1.165, 1.54) is 0 Å². The van der Waals surface area contributed by atoms with Crippen molar-refractivity contribution in [2.75, 3.05) is 13.2 Å². The first-order valence-electron chi connectivity index (χ1n) is 6.95. The molecule has 2 N–H and O–H groups in total. The highest BCUT2D eigenvalue weighted by molar-refractivity contribution is 7.89. The van der Waals surface area contributed by atoms with Crippen LogP contribution in [0.2, 0.25) is 0 Å².